The Balaban J connectivity index is 0.00000162. The van der Waals surface area contributed by atoms with Crippen molar-refractivity contribution in [1.82, 2.24) is 5.32 Å². The Kier molecular flexibility index (Phi) is 6.19. The van der Waals surface area contributed by atoms with E-state index in [1.54, 1.807) is 6.07 Å². The van der Waals surface area contributed by atoms with Gasteiger partial charge in [-0.05, 0) is 44.0 Å². The van der Waals surface area contributed by atoms with Crippen LogP contribution in [0.4, 0.5) is 4.39 Å². The summed E-state index contributed by atoms with van der Waals surface area (Å²) in [6.45, 7) is 3.21. The van der Waals surface area contributed by atoms with Crippen molar-refractivity contribution in [2.24, 2.45) is 0 Å². The Morgan fingerprint density at radius 1 is 1.44 bits per heavy atom. The predicted molar refractivity (Wildman–Crippen MR) is 74.4 cm³/mol. The number of hydrogen-bond acceptors (Lipinski definition) is 2. The average molecular weight is 294 g/mol. The molecule has 0 aromatic heterocycles. The number of benzene rings is 1. The Morgan fingerprint density at radius 3 is 2.78 bits per heavy atom. The van der Waals surface area contributed by atoms with E-state index in [0.717, 1.165) is 18.5 Å². The SMILES string of the molecule is CCOc1c(F)cc([C@@H]2CCCCN2)cc1Cl.Cl. The van der Waals surface area contributed by atoms with Crippen LogP contribution in [0.15, 0.2) is 12.1 Å². The maximum absolute atomic E-state index is 13.8. The van der Waals surface area contributed by atoms with Crippen LogP contribution in [-0.4, -0.2) is 13.2 Å². The topological polar surface area (TPSA) is 21.3 Å². The summed E-state index contributed by atoms with van der Waals surface area (Å²) in [5, 5.41) is 3.73. The molecule has 0 bridgehead atoms. The first-order valence-corrected chi connectivity index (χ1v) is 6.45. The van der Waals surface area contributed by atoms with Crippen LogP contribution in [0.2, 0.25) is 5.02 Å². The van der Waals surface area contributed by atoms with Gasteiger partial charge in [0.25, 0.3) is 0 Å². The number of rotatable bonds is 3. The van der Waals surface area contributed by atoms with Gasteiger partial charge in [0, 0.05) is 6.04 Å². The van der Waals surface area contributed by atoms with Crippen LogP contribution >= 0.6 is 24.0 Å². The van der Waals surface area contributed by atoms with Gasteiger partial charge in [0.1, 0.15) is 0 Å². The van der Waals surface area contributed by atoms with Crippen molar-refractivity contribution in [3.05, 3.63) is 28.5 Å². The first-order chi connectivity index (χ1) is 8.22. The second kappa shape index (κ2) is 7.17. The van der Waals surface area contributed by atoms with Gasteiger partial charge in [-0.3, -0.25) is 0 Å². The molecule has 18 heavy (non-hydrogen) atoms. The lowest BCUT2D eigenvalue weighted by Crippen LogP contribution is -2.26. The minimum Gasteiger partial charge on any atom is -0.489 e. The number of hydrogen-bond donors (Lipinski definition) is 1. The molecule has 1 N–H and O–H groups in total. The molecule has 1 saturated heterocycles. The molecule has 0 spiro atoms. The molecule has 2 rings (SSSR count). The quantitative estimate of drug-likeness (QED) is 0.905. The normalized spacial score (nSPS) is 19.2. The van der Waals surface area contributed by atoms with Crippen LogP contribution in [0.3, 0.4) is 0 Å². The van der Waals surface area contributed by atoms with Crippen LogP contribution in [-0.2, 0) is 0 Å². The Bertz CT molecular complexity index is 372. The smallest absolute Gasteiger partial charge is 0.173 e. The van der Waals surface area contributed by atoms with Crippen LogP contribution < -0.4 is 10.1 Å². The Labute approximate surface area is 118 Å². The maximum atomic E-state index is 13.8. The molecule has 0 radical (unpaired) electrons. The van der Waals surface area contributed by atoms with Gasteiger partial charge in [-0.1, -0.05) is 18.0 Å². The van der Waals surface area contributed by atoms with E-state index in [2.05, 4.69) is 5.32 Å². The average Bonchev–Trinajstić information content (AvgIpc) is 2.35. The van der Waals surface area contributed by atoms with Gasteiger partial charge in [-0.15, -0.1) is 12.4 Å². The van der Waals surface area contributed by atoms with Crippen molar-refractivity contribution in [2.75, 3.05) is 13.2 Å². The van der Waals surface area contributed by atoms with Crippen molar-refractivity contribution in [1.29, 1.82) is 0 Å². The van der Waals surface area contributed by atoms with Gasteiger partial charge in [0.05, 0.1) is 11.6 Å². The molecule has 102 valence electrons. The lowest BCUT2D eigenvalue weighted by Gasteiger charge is -2.24. The monoisotopic (exact) mass is 293 g/mol. The fraction of sp³-hybridized carbons (Fsp3) is 0.538. The first kappa shape index (κ1) is 15.5. The Morgan fingerprint density at radius 2 is 2.22 bits per heavy atom. The molecule has 1 aromatic carbocycles. The first-order valence-electron chi connectivity index (χ1n) is 6.07. The molecule has 0 aliphatic carbocycles. The summed E-state index contributed by atoms with van der Waals surface area (Å²) in [6.07, 6.45) is 3.39. The highest BCUT2D eigenvalue weighted by atomic mass is 35.5. The zero-order valence-electron chi connectivity index (χ0n) is 10.3. The van der Waals surface area contributed by atoms with Crippen LogP contribution in [0.1, 0.15) is 37.8 Å². The van der Waals surface area contributed by atoms with E-state index in [1.807, 2.05) is 6.92 Å². The van der Waals surface area contributed by atoms with Gasteiger partial charge in [-0.2, -0.15) is 0 Å². The number of ether oxygens (including phenoxy) is 1. The zero-order chi connectivity index (χ0) is 12.3. The molecule has 5 heteroatoms. The molecule has 1 heterocycles. The molecule has 1 aliphatic heterocycles. The van der Waals surface area contributed by atoms with Crippen molar-refractivity contribution < 1.29 is 9.13 Å². The standard InChI is InChI=1S/C13H17ClFNO.ClH/c1-2-17-13-10(14)7-9(8-11(13)15)12-5-3-4-6-16-12;/h7-8,12,16H,2-6H2,1H3;1H/t12-;/m0./s1. The van der Waals surface area contributed by atoms with E-state index in [9.17, 15) is 4.39 Å². The van der Waals surface area contributed by atoms with Gasteiger partial charge < -0.3 is 10.1 Å². The minimum absolute atomic E-state index is 0. The van der Waals surface area contributed by atoms with E-state index in [0.29, 0.717) is 11.6 Å². The fourth-order valence-electron chi connectivity index (χ4n) is 2.20. The van der Waals surface area contributed by atoms with Crippen LogP contribution in [0, 0.1) is 5.82 Å². The van der Waals surface area contributed by atoms with E-state index >= 15 is 0 Å². The number of nitrogens with one attached hydrogen (secondary N) is 1. The van der Waals surface area contributed by atoms with Gasteiger partial charge in [0.2, 0.25) is 0 Å². The maximum Gasteiger partial charge on any atom is 0.173 e. The van der Waals surface area contributed by atoms with Crippen molar-refractivity contribution in [3.8, 4) is 5.75 Å². The van der Waals surface area contributed by atoms with Crippen LogP contribution in [0.5, 0.6) is 5.75 Å². The Hall–Kier alpha value is -0.510. The highest BCUT2D eigenvalue weighted by molar-refractivity contribution is 6.32. The van der Waals surface area contributed by atoms with Gasteiger partial charge in [-0.25, -0.2) is 4.39 Å². The summed E-state index contributed by atoms with van der Waals surface area (Å²) >= 11 is 6.04. The molecular formula is C13H18Cl2FNO. The third-order valence-corrected chi connectivity index (χ3v) is 3.30. The van der Waals surface area contributed by atoms with E-state index in [-0.39, 0.29) is 30.0 Å². The second-order valence-corrected chi connectivity index (χ2v) is 4.66. The summed E-state index contributed by atoms with van der Waals surface area (Å²) < 4.78 is 19.0. The molecule has 1 aliphatic rings. The largest absolute Gasteiger partial charge is 0.489 e. The van der Waals surface area contributed by atoms with Crippen LogP contribution in [0.25, 0.3) is 0 Å². The van der Waals surface area contributed by atoms with Crippen molar-refractivity contribution in [2.45, 2.75) is 32.2 Å². The van der Waals surface area contributed by atoms with E-state index < -0.39 is 0 Å². The van der Waals surface area contributed by atoms with Crippen molar-refractivity contribution >= 4 is 24.0 Å². The van der Waals surface area contributed by atoms with Gasteiger partial charge in [0.15, 0.2) is 11.6 Å². The third-order valence-electron chi connectivity index (χ3n) is 3.02. The van der Waals surface area contributed by atoms with E-state index in [4.69, 9.17) is 16.3 Å². The summed E-state index contributed by atoms with van der Waals surface area (Å²) in [7, 11) is 0. The number of halogens is 3. The van der Waals surface area contributed by atoms with Gasteiger partial charge >= 0.3 is 0 Å². The highest BCUT2D eigenvalue weighted by Crippen LogP contribution is 2.33. The molecular weight excluding hydrogens is 276 g/mol. The van der Waals surface area contributed by atoms with E-state index in [1.165, 1.54) is 18.9 Å². The third kappa shape index (κ3) is 3.50. The fourth-order valence-corrected chi connectivity index (χ4v) is 2.47. The molecule has 2 nitrogen and oxygen atoms in total. The number of piperidine rings is 1. The molecule has 0 amide bonds. The summed E-state index contributed by atoms with van der Waals surface area (Å²) in [5.41, 5.74) is 0.913. The lowest BCUT2D eigenvalue weighted by atomic mass is 9.97. The molecule has 0 saturated carbocycles. The molecule has 1 fully saturated rings. The molecule has 0 unspecified atom stereocenters. The summed E-state index contributed by atoms with van der Waals surface area (Å²) in [5.74, 6) is -0.213. The summed E-state index contributed by atoms with van der Waals surface area (Å²) in [6, 6.07) is 3.55. The molecule has 1 atom stereocenters. The zero-order valence-corrected chi connectivity index (χ0v) is 11.9. The molecule has 1 aromatic rings. The second-order valence-electron chi connectivity index (χ2n) is 4.25. The lowest BCUT2D eigenvalue weighted by molar-refractivity contribution is 0.320. The highest BCUT2D eigenvalue weighted by Gasteiger charge is 2.18. The van der Waals surface area contributed by atoms with Crippen molar-refractivity contribution in [3.63, 3.8) is 0 Å². The summed E-state index contributed by atoms with van der Waals surface area (Å²) in [4.78, 5) is 0. The minimum atomic E-state index is -0.373. The predicted octanol–water partition coefficient (Wildman–Crippen LogP) is 4.11.